The molecule has 0 aliphatic heterocycles. The van der Waals surface area contributed by atoms with Crippen LogP contribution in [0.3, 0.4) is 0 Å². The number of aromatic nitrogens is 3. The fourth-order valence-corrected chi connectivity index (χ4v) is 3.44. The maximum atomic E-state index is 10.8. The molecule has 1 aliphatic carbocycles. The number of aliphatic carboxylic acids is 1. The molecule has 118 valence electrons. The molecule has 3 rings (SSSR count). The van der Waals surface area contributed by atoms with Gasteiger partial charge >= 0.3 is 5.97 Å². The molecule has 1 N–H and O–H groups in total. The van der Waals surface area contributed by atoms with Crippen LogP contribution in [0.25, 0.3) is 11.2 Å². The van der Waals surface area contributed by atoms with E-state index < -0.39 is 5.97 Å². The Morgan fingerprint density at radius 3 is 2.86 bits per heavy atom. The number of carboxylic acid groups (broad SMARTS) is 1. The van der Waals surface area contributed by atoms with E-state index in [1.54, 1.807) is 6.20 Å². The maximum Gasteiger partial charge on any atom is 0.303 e. The van der Waals surface area contributed by atoms with Crippen molar-refractivity contribution in [3.05, 3.63) is 23.1 Å². The van der Waals surface area contributed by atoms with Gasteiger partial charge in [0.25, 0.3) is 0 Å². The lowest BCUT2D eigenvalue weighted by atomic mass is 9.88. The van der Waals surface area contributed by atoms with Crippen LogP contribution in [0.2, 0.25) is 5.02 Å². The van der Waals surface area contributed by atoms with Gasteiger partial charge in [-0.05, 0) is 25.3 Å². The molecule has 0 spiro atoms. The van der Waals surface area contributed by atoms with Crippen LogP contribution in [0.4, 0.5) is 0 Å². The Bertz CT molecular complexity index is 677. The second-order valence-electron chi connectivity index (χ2n) is 5.95. The highest BCUT2D eigenvalue weighted by Crippen LogP contribution is 2.34. The zero-order valence-electron chi connectivity index (χ0n) is 12.5. The standard InChI is InChI=1S/C16H20ClN3O2/c17-12-9-13-16(18-10-12)20(8-4-7-14(21)22)15(19-13)11-5-2-1-3-6-11/h9-11H,1-8H2,(H,21,22). The Morgan fingerprint density at radius 1 is 1.36 bits per heavy atom. The van der Waals surface area contributed by atoms with Gasteiger partial charge in [0.15, 0.2) is 5.65 Å². The molecular formula is C16H20ClN3O2. The van der Waals surface area contributed by atoms with Crippen LogP contribution < -0.4 is 0 Å². The van der Waals surface area contributed by atoms with E-state index in [0.717, 1.165) is 29.8 Å². The van der Waals surface area contributed by atoms with Crippen LogP contribution >= 0.6 is 11.6 Å². The molecule has 2 aromatic heterocycles. The van der Waals surface area contributed by atoms with Crippen LogP contribution in [0.15, 0.2) is 12.3 Å². The molecule has 0 saturated heterocycles. The molecule has 1 fully saturated rings. The third-order valence-electron chi connectivity index (χ3n) is 4.32. The highest BCUT2D eigenvalue weighted by atomic mass is 35.5. The summed E-state index contributed by atoms with van der Waals surface area (Å²) in [5, 5.41) is 9.43. The zero-order chi connectivity index (χ0) is 15.5. The van der Waals surface area contributed by atoms with Gasteiger partial charge in [-0.15, -0.1) is 0 Å². The first-order valence-electron chi connectivity index (χ1n) is 7.88. The number of carbonyl (C=O) groups is 1. The van der Waals surface area contributed by atoms with Gasteiger partial charge in [-0.25, -0.2) is 9.97 Å². The van der Waals surface area contributed by atoms with Crippen LogP contribution in [0.5, 0.6) is 0 Å². The average molecular weight is 322 g/mol. The Hall–Kier alpha value is -1.62. The van der Waals surface area contributed by atoms with Crippen molar-refractivity contribution in [2.75, 3.05) is 0 Å². The molecule has 2 heterocycles. The zero-order valence-corrected chi connectivity index (χ0v) is 13.2. The molecular weight excluding hydrogens is 302 g/mol. The molecule has 0 bridgehead atoms. The van der Waals surface area contributed by atoms with Crippen molar-refractivity contribution < 1.29 is 9.90 Å². The van der Waals surface area contributed by atoms with E-state index in [1.165, 1.54) is 19.3 Å². The third-order valence-corrected chi connectivity index (χ3v) is 4.53. The van der Waals surface area contributed by atoms with Gasteiger partial charge in [-0.2, -0.15) is 0 Å². The Labute approximate surface area is 134 Å². The molecule has 0 unspecified atom stereocenters. The van der Waals surface area contributed by atoms with Crippen LogP contribution in [-0.2, 0) is 11.3 Å². The average Bonchev–Trinajstić information content (AvgIpc) is 2.86. The molecule has 0 atom stereocenters. The van der Waals surface area contributed by atoms with Gasteiger partial charge in [-0.1, -0.05) is 30.9 Å². The summed E-state index contributed by atoms with van der Waals surface area (Å²) in [4.78, 5) is 19.9. The molecule has 2 aromatic rings. The summed E-state index contributed by atoms with van der Waals surface area (Å²) < 4.78 is 2.10. The molecule has 6 heteroatoms. The second-order valence-corrected chi connectivity index (χ2v) is 6.39. The third kappa shape index (κ3) is 3.24. The van der Waals surface area contributed by atoms with Crippen LogP contribution in [-0.4, -0.2) is 25.6 Å². The Morgan fingerprint density at radius 2 is 2.14 bits per heavy atom. The van der Waals surface area contributed by atoms with E-state index >= 15 is 0 Å². The smallest absolute Gasteiger partial charge is 0.303 e. The molecule has 0 radical (unpaired) electrons. The van der Waals surface area contributed by atoms with Gasteiger partial charge in [0.05, 0.1) is 5.02 Å². The number of imidazole rings is 1. The summed E-state index contributed by atoms with van der Waals surface area (Å²) in [6, 6.07) is 1.84. The van der Waals surface area contributed by atoms with Crippen molar-refractivity contribution >= 4 is 28.7 Å². The van der Waals surface area contributed by atoms with E-state index in [-0.39, 0.29) is 6.42 Å². The number of halogens is 1. The van der Waals surface area contributed by atoms with E-state index in [2.05, 4.69) is 9.55 Å². The fraction of sp³-hybridized carbons (Fsp3) is 0.562. The molecule has 1 aliphatic rings. The minimum absolute atomic E-state index is 0.164. The SMILES string of the molecule is O=C(O)CCCn1c(C2CCCCC2)nc2cc(Cl)cnc21. The van der Waals surface area contributed by atoms with Gasteiger partial charge in [0.1, 0.15) is 11.3 Å². The first-order chi connectivity index (χ1) is 10.6. The Kier molecular flexibility index (Phi) is 4.62. The lowest BCUT2D eigenvalue weighted by Crippen LogP contribution is -2.13. The van der Waals surface area contributed by atoms with E-state index in [4.69, 9.17) is 21.7 Å². The number of carboxylic acids is 1. The number of rotatable bonds is 5. The largest absolute Gasteiger partial charge is 0.481 e. The number of hydrogen-bond donors (Lipinski definition) is 1. The van der Waals surface area contributed by atoms with E-state index in [1.807, 2.05) is 6.07 Å². The lowest BCUT2D eigenvalue weighted by Gasteiger charge is -2.22. The number of nitrogens with zero attached hydrogens (tertiary/aromatic N) is 3. The summed E-state index contributed by atoms with van der Waals surface area (Å²) in [5.74, 6) is 0.737. The predicted octanol–water partition coefficient (Wildman–Crippen LogP) is 4.00. The number of hydrogen-bond acceptors (Lipinski definition) is 3. The van der Waals surface area contributed by atoms with Crippen molar-refractivity contribution in [3.63, 3.8) is 0 Å². The van der Waals surface area contributed by atoms with Gasteiger partial charge < -0.3 is 9.67 Å². The lowest BCUT2D eigenvalue weighted by molar-refractivity contribution is -0.137. The summed E-state index contributed by atoms with van der Waals surface area (Å²) >= 11 is 6.02. The molecule has 22 heavy (non-hydrogen) atoms. The highest BCUT2D eigenvalue weighted by Gasteiger charge is 2.23. The van der Waals surface area contributed by atoms with Crippen molar-refractivity contribution in [1.29, 1.82) is 0 Å². The summed E-state index contributed by atoms with van der Waals surface area (Å²) in [7, 11) is 0. The summed E-state index contributed by atoms with van der Waals surface area (Å²) in [5.41, 5.74) is 1.62. The predicted molar refractivity (Wildman–Crippen MR) is 85.2 cm³/mol. The van der Waals surface area contributed by atoms with Crippen LogP contribution in [0.1, 0.15) is 56.7 Å². The van der Waals surface area contributed by atoms with E-state index in [9.17, 15) is 4.79 Å². The monoisotopic (exact) mass is 321 g/mol. The summed E-state index contributed by atoms with van der Waals surface area (Å²) in [6.45, 7) is 0.642. The first-order valence-corrected chi connectivity index (χ1v) is 8.26. The topological polar surface area (TPSA) is 68.0 Å². The number of fused-ring (bicyclic) bond motifs is 1. The van der Waals surface area contributed by atoms with Crippen molar-refractivity contribution in [3.8, 4) is 0 Å². The van der Waals surface area contributed by atoms with Crippen molar-refractivity contribution in [2.45, 2.75) is 57.4 Å². The minimum atomic E-state index is -0.764. The fourth-order valence-electron chi connectivity index (χ4n) is 3.29. The number of pyridine rings is 1. The van der Waals surface area contributed by atoms with Crippen molar-refractivity contribution in [2.24, 2.45) is 0 Å². The second kappa shape index (κ2) is 6.65. The van der Waals surface area contributed by atoms with Crippen LogP contribution in [0, 0.1) is 0 Å². The molecule has 5 nitrogen and oxygen atoms in total. The number of aryl methyl sites for hydroxylation is 1. The van der Waals surface area contributed by atoms with Gasteiger partial charge in [-0.3, -0.25) is 4.79 Å². The van der Waals surface area contributed by atoms with E-state index in [0.29, 0.717) is 23.9 Å². The van der Waals surface area contributed by atoms with Gasteiger partial charge in [0.2, 0.25) is 0 Å². The van der Waals surface area contributed by atoms with Gasteiger partial charge in [0, 0.05) is 25.1 Å². The molecule has 1 saturated carbocycles. The normalized spacial score (nSPS) is 16.2. The minimum Gasteiger partial charge on any atom is -0.481 e. The molecule has 0 amide bonds. The Balaban J connectivity index is 1.94. The first kappa shape index (κ1) is 15.3. The maximum absolute atomic E-state index is 10.8. The quantitative estimate of drug-likeness (QED) is 0.903. The highest BCUT2D eigenvalue weighted by molar-refractivity contribution is 6.31. The summed E-state index contributed by atoms with van der Waals surface area (Å²) in [6.07, 6.45) is 8.44. The van der Waals surface area contributed by atoms with Crippen molar-refractivity contribution in [1.82, 2.24) is 14.5 Å². The molecule has 0 aromatic carbocycles.